The number of aliphatic hydroxyl groups is 1. The summed E-state index contributed by atoms with van der Waals surface area (Å²) in [6.45, 7) is 4.16. The van der Waals surface area contributed by atoms with E-state index >= 15 is 0 Å². The maximum atomic E-state index is 13.1. The van der Waals surface area contributed by atoms with Crippen LogP contribution in [0.5, 0.6) is 11.5 Å². The van der Waals surface area contributed by atoms with Crippen molar-refractivity contribution < 1.29 is 14.6 Å². The van der Waals surface area contributed by atoms with E-state index in [0.29, 0.717) is 11.4 Å². The van der Waals surface area contributed by atoms with E-state index in [1.807, 2.05) is 54.2 Å². The number of methoxy groups -OCH3 is 1. The predicted octanol–water partition coefficient (Wildman–Crippen LogP) is 5.12. The average Bonchev–Trinajstić information content (AvgIpc) is 3.27. The molecule has 0 spiro atoms. The first-order valence-corrected chi connectivity index (χ1v) is 11.2. The highest BCUT2D eigenvalue weighted by atomic mass is 16.5. The van der Waals surface area contributed by atoms with Crippen LogP contribution in [-0.2, 0) is 26.7 Å². The summed E-state index contributed by atoms with van der Waals surface area (Å²) >= 11 is 0. The standard InChI is InChI=1S/C28H30N2O4/c1-18(2)8-11-20-6-5-7-23-24(15-29-26(20)23)27-28(25(32)14-21(16-31)30(27)3)34-17-19-9-12-22(33-4)13-10-19/h5-10,12-15,29,31H,11,16-17H2,1-4H3. The number of allylic oxidation sites excluding steroid dienone is 2. The minimum absolute atomic E-state index is 0.235. The minimum Gasteiger partial charge on any atom is -0.497 e. The number of hydrogen-bond donors (Lipinski definition) is 2. The Kier molecular flexibility index (Phi) is 6.89. The molecular formula is C28H30N2O4. The monoisotopic (exact) mass is 458 g/mol. The molecule has 0 amide bonds. The SMILES string of the molecule is COc1ccc(COc2c(-c3c[nH]c4c(CC=C(C)C)cccc34)n(C)c(CO)cc2=O)cc1. The smallest absolute Gasteiger partial charge is 0.224 e. The number of pyridine rings is 1. The third-order valence-electron chi connectivity index (χ3n) is 5.99. The zero-order chi connectivity index (χ0) is 24.2. The molecule has 2 N–H and O–H groups in total. The van der Waals surface area contributed by atoms with Crippen LogP contribution in [0.25, 0.3) is 22.2 Å². The molecule has 6 heteroatoms. The number of para-hydroxylation sites is 1. The zero-order valence-corrected chi connectivity index (χ0v) is 20.0. The van der Waals surface area contributed by atoms with Gasteiger partial charge in [-0.25, -0.2) is 0 Å². The van der Waals surface area contributed by atoms with Crippen molar-refractivity contribution in [3.8, 4) is 22.8 Å². The molecule has 2 aromatic heterocycles. The van der Waals surface area contributed by atoms with Crippen LogP contribution in [-0.4, -0.2) is 21.8 Å². The number of nitrogens with zero attached hydrogens (tertiary/aromatic N) is 1. The topological polar surface area (TPSA) is 76.5 Å². The van der Waals surface area contributed by atoms with E-state index in [1.165, 1.54) is 17.2 Å². The first-order valence-electron chi connectivity index (χ1n) is 11.2. The van der Waals surface area contributed by atoms with Crippen LogP contribution in [0.2, 0.25) is 0 Å². The number of nitrogens with one attached hydrogen (secondary N) is 1. The highest BCUT2D eigenvalue weighted by Gasteiger charge is 2.20. The Morgan fingerprint density at radius 3 is 2.59 bits per heavy atom. The lowest BCUT2D eigenvalue weighted by Crippen LogP contribution is -2.17. The largest absolute Gasteiger partial charge is 0.497 e. The molecule has 176 valence electrons. The summed E-state index contributed by atoms with van der Waals surface area (Å²) in [7, 11) is 3.46. The van der Waals surface area contributed by atoms with E-state index in [2.05, 4.69) is 31.0 Å². The average molecular weight is 459 g/mol. The second-order valence-electron chi connectivity index (χ2n) is 8.56. The summed E-state index contributed by atoms with van der Waals surface area (Å²) in [6, 6.07) is 15.1. The summed E-state index contributed by atoms with van der Waals surface area (Å²) < 4.78 is 13.2. The van der Waals surface area contributed by atoms with Crippen molar-refractivity contribution in [2.75, 3.05) is 7.11 Å². The van der Waals surface area contributed by atoms with E-state index in [9.17, 15) is 9.90 Å². The van der Waals surface area contributed by atoms with E-state index in [0.717, 1.165) is 34.2 Å². The Morgan fingerprint density at radius 1 is 1.15 bits per heavy atom. The second-order valence-corrected chi connectivity index (χ2v) is 8.56. The van der Waals surface area contributed by atoms with Crippen LogP contribution in [0.3, 0.4) is 0 Å². The fraction of sp³-hybridized carbons (Fsp3) is 0.250. The van der Waals surface area contributed by atoms with Crippen molar-refractivity contribution in [1.29, 1.82) is 0 Å². The van der Waals surface area contributed by atoms with Crippen molar-refractivity contribution >= 4 is 10.9 Å². The fourth-order valence-corrected chi connectivity index (χ4v) is 4.09. The van der Waals surface area contributed by atoms with Gasteiger partial charge in [-0.2, -0.15) is 0 Å². The highest BCUT2D eigenvalue weighted by Crippen LogP contribution is 2.35. The molecule has 4 rings (SSSR count). The third-order valence-corrected chi connectivity index (χ3v) is 5.99. The predicted molar refractivity (Wildman–Crippen MR) is 135 cm³/mol. The van der Waals surface area contributed by atoms with Gasteiger partial charge in [0.05, 0.1) is 19.4 Å². The zero-order valence-electron chi connectivity index (χ0n) is 20.0. The molecule has 4 aromatic rings. The molecular weight excluding hydrogens is 428 g/mol. The Bertz CT molecular complexity index is 1390. The third kappa shape index (κ3) is 4.63. The number of H-pyrrole nitrogens is 1. The molecule has 0 aliphatic rings. The molecule has 0 saturated heterocycles. The Morgan fingerprint density at radius 2 is 1.91 bits per heavy atom. The van der Waals surface area contributed by atoms with Crippen molar-refractivity contribution in [2.45, 2.75) is 33.5 Å². The molecule has 0 unspecified atom stereocenters. The van der Waals surface area contributed by atoms with Gasteiger partial charge in [0.2, 0.25) is 5.43 Å². The summed E-state index contributed by atoms with van der Waals surface area (Å²) in [5, 5.41) is 10.9. The van der Waals surface area contributed by atoms with Gasteiger partial charge in [0.25, 0.3) is 0 Å². The van der Waals surface area contributed by atoms with Gasteiger partial charge in [0, 0.05) is 41.5 Å². The van der Waals surface area contributed by atoms with Gasteiger partial charge in [-0.3, -0.25) is 4.79 Å². The van der Waals surface area contributed by atoms with E-state index in [1.54, 1.807) is 7.11 Å². The number of aliphatic hydroxyl groups excluding tert-OH is 1. The van der Waals surface area contributed by atoms with Gasteiger partial charge in [-0.05, 0) is 43.5 Å². The summed E-state index contributed by atoms with van der Waals surface area (Å²) in [5.74, 6) is 1.02. The van der Waals surface area contributed by atoms with Crippen LogP contribution in [0, 0.1) is 0 Å². The van der Waals surface area contributed by atoms with Crippen molar-refractivity contribution in [1.82, 2.24) is 9.55 Å². The summed E-state index contributed by atoms with van der Waals surface area (Å²) in [5.41, 5.74) is 6.13. The van der Waals surface area contributed by atoms with Gasteiger partial charge in [-0.1, -0.05) is 42.0 Å². The van der Waals surface area contributed by atoms with Gasteiger partial charge in [0.15, 0.2) is 5.75 Å². The number of aromatic nitrogens is 2. The Labute approximate surface area is 199 Å². The number of aromatic amines is 1. The molecule has 0 saturated carbocycles. The Balaban J connectivity index is 1.81. The molecule has 0 radical (unpaired) electrons. The van der Waals surface area contributed by atoms with Crippen LogP contribution < -0.4 is 14.9 Å². The van der Waals surface area contributed by atoms with Crippen molar-refractivity contribution in [3.05, 3.63) is 93.4 Å². The quantitative estimate of drug-likeness (QED) is 0.359. The second kappa shape index (κ2) is 10.0. The lowest BCUT2D eigenvalue weighted by Gasteiger charge is -2.18. The maximum absolute atomic E-state index is 13.1. The molecule has 2 aromatic carbocycles. The van der Waals surface area contributed by atoms with E-state index < -0.39 is 0 Å². The van der Waals surface area contributed by atoms with Crippen molar-refractivity contribution in [3.63, 3.8) is 0 Å². The molecule has 0 bridgehead atoms. The lowest BCUT2D eigenvalue weighted by atomic mass is 10.0. The molecule has 0 atom stereocenters. The fourth-order valence-electron chi connectivity index (χ4n) is 4.09. The van der Waals surface area contributed by atoms with Crippen LogP contribution >= 0.6 is 0 Å². The highest BCUT2D eigenvalue weighted by molar-refractivity contribution is 5.97. The van der Waals surface area contributed by atoms with Gasteiger partial charge in [0.1, 0.15) is 12.4 Å². The van der Waals surface area contributed by atoms with Gasteiger partial charge in [-0.15, -0.1) is 0 Å². The molecule has 0 fully saturated rings. The van der Waals surface area contributed by atoms with E-state index in [-0.39, 0.29) is 24.4 Å². The van der Waals surface area contributed by atoms with Crippen LogP contribution in [0.1, 0.15) is 30.7 Å². The molecule has 6 nitrogen and oxygen atoms in total. The van der Waals surface area contributed by atoms with Gasteiger partial charge >= 0.3 is 0 Å². The van der Waals surface area contributed by atoms with E-state index in [4.69, 9.17) is 9.47 Å². The summed E-state index contributed by atoms with van der Waals surface area (Å²) in [6.07, 6.45) is 4.92. The normalized spacial score (nSPS) is 11.0. The minimum atomic E-state index is -0.263. The maximum Gasteiger partial charge on any atom is 0.224 e. The number of hydrogen-bond acceptors (Lipinski definition) is 4. The van der Waals surface area contributed by atoms with Gasteiger partial charge < -0.3 is 24.1 Å². The number of ether oxygens (including phenoxy) is 2. The number of benzene rings is 2. The number of rotatable bonds is 8. The van der Waals surface area contributed by atoms with Crippen LogP contribution in [0.15, 0.2) is 71.2 Å². The Hall–Kier alpha value is -3.77. The first-order chi connectivity index (χ1) is 16.4. The van der Waals surface area contributed by atoms with Crippen LogP contribution in [0.4, 0.5) is 0 Å². The molecule has 2 heterocycles. The molecule has 34 heavy (non-hydrogen) atoms. The molecule has 0 aliphatic heterocycles. The van der Waals surface area contributed by atoms with Crippen molar-refractivity contribution in [2.24, 2.45) is 7.05 Å². The number of fused-ring (bicyclic) bond motifs is 1. The summed E-state index contributed by atoms with van der Waals surface area (Å²) in [4.78, 5) is 16.5. The molecule has 0 aliphatic carbocycles. The lowest BCUT2D eigenvalue weighted by molar-refractivity contribution is 0.269. The first kappa shape index (κ1) is 23.4.